The molecule has 0 aromatic heterocycles. The summed E-state index contributed by atoms with van der Waals surface area (Å²) in [5.74, 6) is -1.54. The lowest BCUT2D eigenvalue weighted by Crippen LogP contribution is -2.25. The molecule has 0 amide bonds. The molecule has 0 spiro atoms. The molecular weight excluding hydrogens is 295 g/mol. The molecular formula is C12H14F3NO5. The van der Waals surface area contributed by atoms with E-state index in [0.29, 0.717) is 0 Å². The minimum Gasteiger partial charge on any atom is -0.469 e. The number of alkyl halides is 3. The van der Waals surface area contributed by atoms with Crippen molar-refractivity contribution in [3.63, 3.8) is 0 Å². The van der Waals surface area contributed by atoms with Gasteiger partial charge < -0.3 is 25.4 Å². The molecule has 0 radical (unpaired) electrons. The van der Waals surface area contributed by atoms with Gasteiger partial charge in [0.1, 0.15) is 11.9 Å². The van der Waals surface area contributed by atoms with E-state index in [4.69, 9.17) is 5.73 Å². The first-order chi connectivity index (χ1) is 9.64. The molecule has 2 unspecified atom stereocenters. The van der Waals surface area contributed by atoms with Gasteiger partial charge in [-0.25, -0.2) is 0 Å². The average Bonchev–Trinajstić information content (AvgIpc) is 2.38. The number of aliphatic hydroxyl groups is 2. The first-order valence-corrected chi connectivity index (χ1v) is 5.72. The van der Waals surface area contributed by atoms with Crippen molar-refractivity contribution in [3.05, 3.63) is 23.8 Å². The predicted octanol–water partition coefficient (Wildman–Crippen LogP) is 1.12. The Kier molecular flexibility index (Phi) is 5.39. The van der Waals surface area contributed by atoms with Gasteiger partial charge in [-0.1, -0.05) is 0 Å². The molecule has 0 heterocycles. The molecule has 21 heavy (non-hydrogen) atoms. The molecule has 9 heteroatoms. The normalized spacial score (nSPS) is 14.4. The molecule has 0 bridgehead atoms. The van der Waals surface area contributed by atoms with E-state index >= 15 is 0 Å². The van der Waals surface area contributed by atoms with Gasteiger partial charge in [-0.3, -0.25) is 4.79 Å². The number of nitrogen functional groups attached to an aromatic ring is 1. The van der Waals surface area contributed by atoms with E-state index < -0.39 is 36.7 Å². The summed E-state index contributed by atoms with van der Waals surface area (Å²) in [6.45, 7) is 0. The lowest BCUT2D eigenvalue weighted by Gasteiger charge is -2.21. The number of hydrogen-bond acceptors (Lipinski definition) is 6. The zero-order valence-corrected chi connectivity index (χ0v) is 10.9. The van der Waals surface area contributed by atoms with E-state index in [1.54, 1.807) is 0 Å². The topological polar surface area (TPSA) is 102 Å². The van der Waals surface area contributed by atoms with Crippen LogP contribution >= 0.6 is 0 Å². The number of esters is 1. The van der Waals surface area contributed by atoms with Gasteiger partial charge in [0.05, 0.1) is 19.6 Å². The number of hydrogen-bond donors (Lipinski definition) is 3. The van der Waals surface area contributed by atoms with Crippen molar-refractivity contribution in [1.29, 1.82) is 0 Å². The first-order valence-electron chi connectivity index (χ1n) is 5.72. The highest BCUT2D eigenvalue weighted by atomic mass is 19.4. The number of nitrogens with two attached hydrogens (primary N) is 1. The Balaban J connectivity index is 3.03. The van der Waals surface area contributed by atoms with Gasteiger partial charge in [0.2, 0.25) is 0 Å². The van der Waals surface area contributed by atoms with E-state index in [9.17, 15) is 28.2 Å². The molecule has 1 aromatic rings. The highest BCUT2D eigenvalue weighted by Gasteiger charge is 2.34. The third-order valence-electron chi connectivity index (χ3n) is 2.55. The van der Waals surface area contributed by atoms with E-state index in [1.807, 2.05) is 0 Å². The zero-order chi connectivity index (χ0) is 16.2. The van der Waals surface area contributed by atoms with Crippen molar-refractivity contribution in [3.8, 4) is 5.75 Å². The van der Waals surface area contributed by atoms with Crippen molar-refractivity contribution >= 4 is 11.7 Å². The Labute approximate surface area is 117 Å². The Bertz CT molecular complexity index is 506. The number of anilines is 1. The number of aliphatic hydroxyl groups excluding tert-OH is 2. The molecule has 0 fully saturated rings. The second kappa shape index (κ2) is 6.64. The van der Waals surface area contributed by atoms with Crippen LogP contribution in [0.5, 0.6) is 5.75 Å². The average molecular weight is 309 g/mol. The lowest BCUT2D eigenvalue weighted by molar-refractivity contribution is -0.275. The molecule has 0 saturated carbocycles. The maximum Gasteiger partial charge on any atom is 0.573 e. The molecule has 0 aliphatic heterocycles. The molecule has 1 rings (SSSR count). The van der Waals surface area contributed by atoms with Crippen LogP contribution in [-0.2, 0) is 9.53 Å². The Morgan fingerprint density at radius 1 is 1.38 bits per heavy atom. The lowest BCUT2D eigenvalue weighted by atomic mass is 10.0. The summed E-state index contributed by atoms with van der Waals surface area (Å²) in [7, 11) is 1.07. The fourth-order valence-corrected chi connectivity index (χ4v) is 1.59. The van der Waals surface area contributed by atoms with Crippen molar-refractivity contribution in [1.82, 2.24) is 0 Å². The summed E-state index contributed by atoms with van der Waals surface area (Å²) in [5.41, 5.74) is 5.11. The predicted molar refractivity (Wildman–Crippen MR) is 65.1 cm³/mol. The van der Waals surface area contributed by atoms with Crippen LogP contribution in [0, 0.1) is 0 Å². The number of halogens is 3. The summed E-state index contributed by atoms with van der Waals surface area (Å²) in [5, 5.41) is 19.5. The van der Waals surface area contributed by atoms with Crippen molar-refractivity contribution in [2.24, 2.45) is 0 Å². The minimum atomic E-state index is -4.97. The summed E-state index contributed by atoms with van der Waals surface area (Å²) in [6, 6.07) is 3.07. The Hall–Kier alpha value is -2.00. The largest absolute Gasteiger partial charge is 0.573 e. The van der Waals surface area contributed by atoms with E-state index in [2.05, 4.69) is 9.47 Å². The van der Waals surface area contributed by atoms with Gasteiger partial charge in [0.25, 0.3) is 0 Å². The summed E-state index contributed by atoms with van der Waals surface area (Å²) < 4.78 is 44.9. The summed E-state index contributed by atoms with van der Waals surface area (Å²) in [4.78, 5) is 11.0. The van der Waals surface area contributed by atoms with E-state index in [0.717, 1.165) is 25.3 Å². The standard InChI is InChI=1S/C12H14F3NO5/c1-20-10(18)5-8(17)11(19)7-4-6(16)2-3-9(7)21-12(13,14)15/h2-4,8,11,17,19H,5,16H2,1H3. The van der Waals surface area contributed by atoms with Gasteiger partial charge in [0, 0.05) is 11.3 Å². The van der Waals surface area contributed by atoms with Crippen molar-refractivity contribution in [2.45, 2.75) is 25.0 Å². The number of carbonyl (C=O) groups excluding carboxylic acids is 1. The maximum absolute atomic E-state index is 12.3. The molecule has 0 aliphatic rings. The highest BCUT2D eigenvalue weighted by molar-refractivity contribution is 5.70. The van der Waals surface area contributed by atoms with Crippen LogP contribution in [0.4, 0.5) is 18.9 Å². The van der Waals surface area contributed by atoms with E-state index in [1.165, 1.54) is 0 Å². The molecule has 4 N–H and O–H groups in total. The van der Waals surface area contributed by atoms with Crippen LogP contribution in [0.1, 0.15) is 18.1 Å². The SMILES string of the molecule is COC(=O)CC(O)C(O)c1cc(N)ccc1OC(F)(F)F. The third kappa shape index (κ3) is 5.12. The number of methoxy groups -OCH3 is 1. The van der Waals surface area contributed by atoms with Gasteiger partial charge >= 0.3 is 12.3 Å². The number of ether oxygens (including phenoxy) is 2. The van der Waals surface area contributed by atoms with Crippen LogP contribution in [0.3, 0.4) is 0 Å². The second-order valence-corrected chi connectivity index (χ2v) is 4.14. The van der Waals surface area contributed by atoms with Crippen LogP contribution < -0.4 is 10.5 Å². The van der Waals surface area contributed by atoms with Crippen molar-refractivity contribution < 1.29 is 37.7 Å². The smallest absolute Gasteiger partial charge is 0.469 e. The molecule has 2 atom stereocenters. The molecule has 118 valence electrons. The number of carbonyl (C=O) groups is 1. The van der Waals surface area contributed by atoms with Crippen LogP contribution in [0.2, 0.25) is 0 Å². The van der Waals surface area contributed by atoms with Crippen LogP contribution in [-0.4, -0.2) is 35.8 Å². The minimum absolute atomic E-state index is 0.0591. The fourth-order valence-electron chi connectivity index (χ4n) is 1.59. The third-order valence-corrected chi connectivity index (χ3v) is 2.55. The molecule has 1 aromatic carbocycles. The Morgan fingerprint density at radius 3 is 2.52 bits per heavy atom. The zero-order valence-electron chi connectivity index (χ0n) is 10.9. The van der Waals surface area contributed by atoms with Gasteiger partial charge in [0.15, 0.2) is 0 Å². The highest BCUT2D eigenvalue weighted by Crippen LogP contribution is 2.33. The van der Waals surface area contributed by atoms with Crippen LogP contribution in [0.15, 0.2) is 18.2 Å². The second-order valence-electron chi connectivity index (χ2n) is 4.14. The van der Waals surface area contributed by atoms with Gasteiger partial charge in [-0.05, 0) is 18.2 Å². The monoisotopic (exact) mass is 309 g/mol. The summed E-state index contributed by atoms with van der Waals surface area (Å²) in [6.07, 6.45) is -9.05. The molecule has 0 saturated heterocycles. The fraction of sp³-hybridized carbons (Fsp3) is 0.417. The van der Waals surface area contributed by atoms with Crippen LogP contribution in [0.25, 0.3) is 0 Å². The first kappa shape index (κ1) is 17.1. The molecule has 0 aliphatic carbocycles. The maximum atomic E-state index is 12.3. The van der Waals surface area contributed by atoms with Gasteiger partial charge in [-0.2, -0.15) is 0 Å². The quantitative estimate of drug-likeness (QED) is 0.556. The number of rotatable bonds is 5. The van der Waals surface area contributed by atoms with E-state index in [-0.39, 0.29) is 11.3 Å². The number of benzene rings is 1. The Morgan fingerprint density at radius 2 is 2.00 bits per heavy atom. The van der Waals surface area contributed by atoms with Crippen molar-refractivity contribution in [2.75, 3.05) is 12.8 Å². The molecule has 6 nitrogen and oxygen atoms in total. The summed E-state index contributed by atoms with van der Waals surface area (Å²) >= 11 is 0. The van der Waals surface area contributed by atoms with Gasteiger partial charge in [-0.15, -0.1) is 13.2 Å².